The van der Waals surface area contributed by atoms with Crippen molar-refractivity contribution in [2.75, 3.05) is 0 Å². The summed E-state index contributed by atoms with van der Waals surface area (Å²) in [6.45, 7) is 2.06. The molecule has 3 nitrogen and oxygen atoms in total. The number of carboxylic acid groups (broad SMARTS) is 1. The van der Waals surface area contributed by atoms with Crippen LogP contribution in [-0.4, -0.2) is 11.1 Å². The van der Waals surface area contributed by atoms with Crippen molar-refractivity contribution in [3.63, 3.8) is 0 Å². The molecule has 0 unspecified atom stereocenters. The van der Waals surface area contributed by atoms with E-state index in [-0.39, 0.29) is 18.0 Å². The van der Waals surface area contributed by atoms with Gasteiger partial charge in [-0.05, 0) is 30.7 Å². The Bertz CT molecular complexity index is 656. The fraction of sp³-hybridized carbons (Fsp3) is 0.133. The molecular formula is C15H12BrFO3. The van der Waals surface area contributed by atoms with E-state index in [9.17, 15) is 9.18 Å². The van der Waals surface area contributed by atoms with Crippen LogP contribution in [0.15, 0.2) is 40.9 Å². The van der Waals surface area contributed by atoms with Gasteiger partial charge in [-0.3, -0.25) is 0 Å². The van der Waals surface area contributed by atoms with Gasteiger partial charge in [-0.15, -0.1) is 0 Å². The highest BCUT2D eigenvalue weighted by Gasteiger charge is 2.08. The number of aryl methyl sites for hydroxylation is 1. The zero-order valence-corrected chi connectivity index (χ0v) is 12.3. The number of rotatable bonds is 4. The molecule has 0 aliphatic heterocycles. The zero-order chi connectivity index (χ0) is 14.7. The smallest absolute Gasteiger partial charge is 0.335 e. The molecule has 20 heavy (non-hydrogen) atoms. The molecule has 2 rings (SSSR count). The Labute approximate surface area is 124 Å². The highest BCUT2D eigenvalue weighted by atomic mass is 79.9. The van der Waals surface area contributed by atoms with Crippen LogP contribution in [0.4, 0.5) is 4.39 Å². The topological polar surface area (TPSA) is 46.5 Å². The second-order valence-corrected chi connectivity index (χ2v) is 5.16. The van der Waals surface area contributed by atoms with Gasteiger partial charge in [-0.2, -0.15) is 0 Å². The highest BCUT2D eigenvalue weighted by Crippen LogP contribution is 2.23. The summed E-state index contributed by atoms with van der Waals surface area (Å²) in [7, 11) is 0. The van der Waals surface area contributed by atoms with E-state index in [2.05, 4.69) is 15.9 Å². The van der Waals surface area contributed by atoms with Crippen molar-refractivity contribution in [1.82, 2.24) is 0 Å². The first-order chi connectivity index (χ1) is 9.47. The van der Waals surface area contributed by atoms with Gasteiger partial charge in [0.05, 0.1) is 5.56 Å². The second kappa shape index (κ2) is 6.05. The molecular weight excluding hydrogens is 327 g/mol. The number of hydrogen-bond donors (Lipinski definition) is 1. The van der Waals surface area contributed by atoms with Crippen molar-refractivity contribution in [2.24, 2.45) is 0 Å². The lowest BCUT2D eigenvalue weighted by Gasteiger charge is -2.11. The summed E-state index contributed by atoms with van der Waals surface area (Å²) in [5.41, 5.74) is 1.82. The van der Waals surface area contributed by atoms with Crippen LogP contribution in [0.25, 0.3) is 0 Å². The summed E-state index contributed by atoms with van der Waals surface area (Å²) in [5.74, 6) is -0.871. The number of ether oxygens (including phenoxy) is 1. The molecule has 0 saturated carbocycles. The molecule has 0 bridgehead atoms. The van der Waals surface area contributed by atoms with Crippen molar-refractivity contribution in [2.45, 2.75) is 13.5 Å². The molecule has 0 heterocycles. The highest BCUT2D eigenvalue weighted by molar-refractivity contribution is 9.10. The van der Waals surface area contributed by atoms with Gasteiger partial charge < -0.3 is 9.84 Å². The molecule has 2 aromatic rings. The maximum atomic E-state index is 13.1. The third-order valence-corrected chi connectivity index (χ3v) is 3.57. The number of carbonyl (C=O) groups is 1. The van der Waals surface area contributed by atoms with E-state index in [4.69, 9.17) is 9.84 Å². The minimum atomic E-state index is -0.987. The van der Waals surface area contributed by atoms with E-state index in [1.165, 1.54) is 24.3 Å². The number of aromatic carboxylic acids is 1. The number of carboxylic acids is 1. The van der Waals surface area contributed by atoms with E-state index in [1.807, 2.05) is 6.92 Å². The minimum absolute atomic E-state index is 0.197. The van der Waals surface area contributed by atoms with Crippen molar-refractivity contribution >= 4 is 21.9 Å². The lowest BCUT2D eigenvalue weighted by molar-refractivity contribution is 0.0696. The average molecular weight is 339 g/mol. The van der Waals surface area contributed by atoms with Gasteiger partial charge in [-0.1, -0.05) is 28.1 Å². The Morgan fingerprint density at radius 2 is 2.05 bits per heavy atom. The summed E-state index contributed by atoms with van der Waals surface area (Å²) >= 11 is 3.30. The predicted octanol–water partition coefficient (Wildman–Crippen LogP) is 4.17. The largest absolute Gasteiger partial charge is 0.488 e. The SMILES string of the molecule is Cc1ccc(F)cc1OCc1ccc(C(=O)O)cc1Br. The molecule has 0 spiro atoms. The van der Waals surface area contributed by atoms with Crippen LogP contribution in [0.2, 0.25) is 0 Å². The van der Waals surface area contributed by atoms with Crippen LogP contribution < -0.4 is 4.74 Å². The molecule has 5 heteroatoms. The Kier molecular flexibility index (Phi) is 4.39. The van der Waals surface area contributed by atoms with Crippen molar-refractivity contribution < 1.29 is 19.0 Å². The molecule has 0 atom stereocenters. The molecule has 0 aliphatic rings. The third-order valence-electron chi connectivity index (χ3n) is 2.83. The monoisotopic (exact) mass is 338 g/mol. The first-order valence-corrected chi connectivity index (χ1v) is 6.67. The van der Waals surface area contributed by atoms with Crippen LogP contribution in [-0.2, 0) is 6.61 Å². The summed E-state index contributed by atoms with van der Waals surface area (Å²) in [6, 6.07) is 9.04. The molecule has 2 aromatic carbocycles. The van der Waals surface area contributed by atoms with Crippen LogP contribution in [0.1, 0.15) is 21.5 Å². The lowest BCUT2D eigenvalue weighted by atomic mass is 10.1. The van der Waals surface area contributed by atoms with Gasteiger partial charge in [0, 0.05) is 16.1 Å². The summed E-state index contributed by atoms with van der Waals surface area (Å²) in [6.07, 6.45) is 0. The first kappa shape index (κ1) is 14.5. The molecule has 1 N–H and O–H groups in total. The van der Waals surface area contributed by atoms with Crippen LogP contribution in [0.5, 0.6) is 5.75 Å². The molecule has 0 aliphatic carbocycles. The maximum absolute atomic E-state index is 13.1. The van der Waals surface area contributed by atoms with Gasteiger partial charge in [0.15, 0.2) is 0 Å². The third kappa shape index (κ3) is 3.36. The normalized spacial score (nSPS) is 10.3. The van der Waals surface area contributed by atoms with Crippen LogP contribution in [0.3, 0.4) is 0 Å². The first-order valence-electron chi connectivity index (χ1n) is 5.88. The van der Waals surface area contributed by atoms with E-state index in [0.29, 0.717) is 10.2 Å². The number of halogens is 2. The molecule has 104 valence electrons. The van der Waals surface area contributed by atoms with E-state index in [1.54, 1.807) is 12.1 Å². The van der Waals surface area contributed by atoms with Crippen LogP contribution in [0, 0.1) is 12.7 Å². The van der Waals surface area contributed by atoms with Crippen molar-refractivity contribution in [3.05, 3.63) is 63.4 Å². The second-order valence-electron chi connectivity index (χ2n) is 4.31. The van der Waals surface area contributed by atoms with E-state index >= 15 is 0 Å². The van der Waals surface area contributed by atoms with Gasteiger partial charge in [0.2, 0.25) is 0 Å². The number of benzene rings is 2. The van der Waals surface area contributed by atoms with Crippen molar-refractivity contribution in [3.8, 4) is 5.75 Å². The molecule has 0 saturated heterocycles. The van der Waals surface area contributed by atoms with Crippen LogP contribution >= 0.6 is 15.9 Å². The van der Waals surface area contributed by atoms with Crippen molar-refractivity contribution in [1.29, 1.82) is 0 Å². The molecule has 0 aromatic heterocycles. The zero-order valence-electron chi connectivity index (χ0n) is 10.7. The maximum Gasteiger partial charge on any atom is 0.335 e. The van der Waals surface area contributed by atoms with E-state index < -0.39 is 5.97 Å². The summed E-state index contributed by atoms with van der Waals surface area (Å²) in [4.78, 5) is 10.8. The summed E-state index contributed by atoms with van der Waals surface area (Å²) in [5, 5.41) is 8.88. The van der Waals surface area contributed by atoms with Gasteiger partial charge in [0.25, 0.3) is 0 Å². The fourth-order valence-electron chi connectivity index (χ4n) is 1.68. The average Bonchev–Trinajstić information content (AvgIpc) is 2.40. The van der Waals surface area contributed by atoms with Gasteiger partial charge >= 0.3 is 5.97 Å². The minimum Gasteiger partial charge on any atom is -0.488 e. The Morgan fingerprint density at radius 3 is 2.70 bits per heavy atom. The predicted molar refractivity (Wildman–Crippen MR) is 76.6 cm³/mol. The Hall–Kier alpha value is -1.88. The lowest BCUT2D eigenvalue weighted by Crippen LogP contribution is -2.01. The molecule has 0 amide bonds. The van der Waals surface area contributed by atoms with Gasteiger partial charge in [0.1, 0.15) is 18.2 Å². The Balaban J connectivity index is 2.15. The fourth-order valence-corrected chi connectivity index (χ4v) is 2.18. The number of hydrogen-bond acceptors (Lipinski definition) is 2. The standard InChI is InChI=1S/C15H12BrFO3/c1-9-2-5-12(17)7-14(9)20-8-11-4-3-10(15(18)19)6-13(11)16/h2-7H,8H2,1H3,(H,18,19). The summed E-state index contributed by atoms with van der Waals surface area (Å²) < 4.78 is 19.4. The molecule has 0 fully saturated rings. The Morgan fingerprint density at radius 1 is 1.30 bits per heavy atom. The quantitative estimate of drug-likeness (QED) is 0.909. The van der Waals surface area contributed by atoms with E-state index in [0.717, 1.165) is 11.1 Å². The molecule has 0 radical (unpaired) electrons. The van der Waals surface area contributed by atoms with Gasteiger partial charge in [-0.25, -0.2) is 9.18 Å².